The SMILES string of the molecule is CCN(CC)C(=O)N1CCn2cccc2C1. The van der Waals surface area contributed by atoms with Crippen molar-refractivity contribution >= 4 is 6.03 Å². The quantitative estimate of drug-likeness (QED) is 0.748. The van der Waals surface area contributed by atoms with Crippen LogP contribution in [0.2, 0.25) is 0 Å². The van der Waals surface area contributed by atoms with Crippen LogP contribution in [0.5, 0.6) is 0 Å². The molecule has 0 bridgehead atoms. The fraction of sp³-hybridized carbons (Fsp3) is 0.583. The zero-order chi connectivity index (χ0) is 11.5. The van der Waals surface area contributed by atoms with E-state index in [9.17, 15) is 4.79 Å². The van der Waals surface area contributed by atoms with Gasteiger partial charge >= 0.3 is 6.03 Å². The molecule has 2 rings (SSSR count). The van der Waals surface area contributed by atoms with E-state index in [2.05, 4.69) is 16.8 Å². The van der Waals surface area contributed by atoms with Crippen LogP contribution in [0.15, 0.2) is 18.3 Å². The summed E-state index contributed by atoms with van der Waals surface area (Å²) in [6, 6.07) is 4.29. The molecule has 0 N–H and O–H groups in total. The Morgan fingerprint density at radius 1 is 1.38 bits per heavy atom. The molecule has 1 aromatic heterocycles. The summed E-state index contributed by atoms with van der Waals surface area (Å²) in [4.78, 5) is 15.9. The standard InChI is InChI=1S/C12H19N3O/c1-3-13(4-2)12(16)15-9-8-14-7-5-6-11(14)10-15/h5-7H,3-4,8-10H2,1-2H3. The second-order valence-corrected chi connectivity index (χ2v) is 4.07. The van der Waals surface area contributed by atoms with Gasteiger partial charge in [0.15, 0.2) is 0 Å². The zero-order valence-corrected chi connectivity index (χ0v) is 10.0. The van der Waals surface area contributed by atoms with E-state index in [4.69, 9.17) is 0 Å². The third-order valence-corrected chi connectivity index (χ3v) is 3.19. The van der Waals surface area contributed by atoms with Crippen molar-refractivity contribution in [1.82, 2.24) is 14.4 Å². The first-order valence-corrected chi connectivity index (χ1v) is 5.94. The van der Waals surface area contributed by atoms with E-state index in [0.717, 1.165) is 32.7 Å². The van der Waals surface area contributed by atoms with Crippen LogP contribution in [0.1, 0.15) is 19.5 Å². The summed E-state index contributed by atoms with van der Waals surface area (Å²) in [5.74, 6) is 0. The van der Waals surface area contributed by atoms with Crippen LogP contribution in [0.3, 0.4) is 0 Å². The number of fused-ring (bicyclic) bond motifs is 1. The van der Waals surface area contributed by atoms with Gasteiger partial charge in [0.2, 0.25) is 0 Å². The maximum Gasteiger partial charge on any atom is 0.320 e. The minimum absolute atomic E-state index is 0.164. The Hall–Kier alpha value is -1.45. The van der Waals surface area contributed by atoms with E-state index in [1.54, 1.807) is 0 Å². The molecule has 1 aromatic rings. The Balaban J connectivity index is 2.05. The maximum atomic E-state index is 12.1. The monoisotopic (exact) mass is 221 g/mol. The molecule has 2 heterocycles. The molecule has 0 radical (unpaired) electrons. The van der Waals surface area contributed by atoms with Crippen molar-refractivity contribution < 1.29 is 4.79 Å². The number of rotatable bonds is 2. The Bertz CT molecular complexity index is 368. The Kier molecular flexibility index (Phi) is 3.17. The van der Waals surface area contributed by atoms with Gasteiger partial charge in [-0.15, -0.1) is 0 Å². The van der Waals surface area contributed by atoms with Crippen molar-refractivity contribution in [3.63, 3.8) is 0 Å². The van der Waals surface area contributed by atoms with Gasteiger partial charge in [-0.2, -0.15) is 0 Å². The number of amides is 2. The van der Waals surface area contributed by atoms with Crippen LogP contribution in [0.4, 0.5) is 4.79 Å². The highest BCUT2D eigenvalue weighted by atomic mass is 16.2. The predicted octanol–water partition coefficient (Wildman–Crippen LogP) is 1.77. The minimum Gasteiger partial charge on any atom is -0.348 e. The summed E-state index contributed by atoms with van der Waals surface area (Å²) in [7, 11) is 0. The van der Waals surface area contributed by atoms with Crippen LogP contribution in [-0.4, -0.2) is 40.0 Å². The van der Waals surface area contributed by atoms with Gasteiger partial charge < -0.3 is 14.4 Å². The van der Waals surface area contributed by atoms with E-state index >= 15 is 0 Å². The summed E-state index contributed by atoms with van der Waals surface area (Å²) in [5, 5.41) is 0. The molecule has 0 fully saturated rings. The van der Waals surface area contributed by atoms with Crippen LogP contribution < -0.4 is 0 Å². The van der Waals surface area contributed by atoms with Crippen molar-refractivity contribution in [3.05, 3.63) is 24.0 Å². The highest BCUT2D eigenvalue weighted by Gasteiger charge is 2.22. The van der Waals surface area contributed by atoms with E-state index in [1.807, 2.05) is 29.7 Å². The lowest BCUT2D eigenvalue weighted by Crippen LogP contribution is -2.46. The second-order valence-electron chi connectivity index (χ2n) is 4.07. The molecule has 0 aliphatic carbocycles. The highest BCUT2D eigenvalue weighted by molar-refractivity contribution is 5.74. The lowest BCUT2D eigenvalue weighted by atomic mass is 10.3. The molecule has 4 heteroatoms. The van der Waals surface area contributed by atoms with Crippen LogP contribution in [-0.2, 0) is 13.1 Å². The first-order valence-electron chi connectivity index (χ1n) is 5.94. The fourth-order valence-corrected chi connectivity index (χ4v) is 2.17. The van der Waals surface area contributed by atoms with E-state index in [-0.39, 0.29) is 6.03 Å². The largest absolute Gasteiger partial charge is 0.348 e. The Morgan fingerprint density at radius 2 is 2.12 bits per heavy atom. The van der Waals surface area contributed by atoms with Gasteiger partial charge in [0.25, 0.3) is 0 Å². The lowest BCUT2D eigenvalue weighted by molar-refractivity contribution is 0.145. The Labute approximate surface area is 96.4 Å². The number of carbonyl (C=O) groups excluding carboxylic acids is 1. The number of hydrogen-bond acceptors (Lipinski definition) is 1. The normalized spacial score (nSPS) is 14.8. The molecular weight excluding hydrogens is 202 g/mol. The third-order valence-electron chi connectivity index (χ3n) is 3.19. The summed E-state index contributed by atoms with van der Waals surface area (Å²) in [6.45, 7) is 8.08. The van der Waals surface area contributed by atoms with Crippen molar-refractivity contribution in [1.29, 1.82) is 0 Å². The Morgan fingerprint density at radius 3 is 2.81 bits per heavy atom. The molecule has 0 spiro atoms. The van der Waals surface area contributed by atoms with Crippen LogP contribution in [0.25, 0.3) is 0 Å². The molecule has 16 heavy (non-hydrogen) atoms. The maximum absolute atomic E-state index is 12.1. The van der Waals surface area contributed by atoms with E-state index in [1.165, 1.54) is 5.69 Å². The third kappa shape index (κ3) is 1.92. The van der Waals surface area contributed by atoms with Crippen molar-refractivity contribution in [3.8, 4) is 0 Å². The first-order chi connectivity index (χ1) is 7.76. The number of urea groups is 1. The van der Waals surface area contributed by atoms with Gasteiger partial charge in [-0.25, -0.2) is 4.79 Å². The van der Waals surface area contributed by atoms with Crippen LogP contribution >= 0.6 is 0 Å². The molecule has 0 unspecified atom stereocenters. The average molecular weight is 221 g/mol. The minimum atomic E-state index is 0.164. The number of hydrogen-bond donors (Lipinski definition) is 0. The van der Waals surface area contributed by atoms with Gasteiger partial charge in [-0.05, 0) is 26.0 Å². The van der Waals surface area contributed by atoms with Gasteiger partial charge in [0, 0.05) is 38.1 Å². The fourth-order valence-electron chi connectivity index (χ4n) is 2.17. The molecule has 1 aliphatic rings. The van der Waals surface area contributed by atoms with Crippen molar-refractivity contribution in [2.45, 2.75) is 26.9 Å². The van der Waals surface area contributed by atoms with Gasteiger partial charge in [0.05, 0.1) is 6.54 Å². The van der Waals surface area contributed by atoms with E-state index in [0.29, 0.717) is 0 Å². The molecular formula is C12H19N3O. The number of nitrogens with zero attached hydrogens (tertiary/aromatic N) is 3. The van der Waals surface area contributed by atoms with Crippen LogP contribution in [0, 0.1) is 0 Å². The number of aromatic nitrogens is 1. The van der Waals surface area contributed by atoms with Crippen molar-refractivity contribution in [2.75, 3.05) is 19.6 Å². The lowest BCUT2D eigenvalue weighted by Gasteiger charge is -2.32. The molecule has 2 amide bonds. The second kappa shape index (κ2) is 4.60. The first kappa shape index (κ1) is 11.0. The van der Waals surface area contributed by atoms with E-state index < -0.39 is 0 Å². The smallest absolute Gasteiger partial charge is 0.320 e. The molecule has 0 atom stereocenters. The van der Waals surface area contributed by atoms with Crippen molar-refractivity contribution in [2.24, 2.45) is 0 Å². The topological polar surface area (TPSA) is 28.5 Å². The zero-order valence-electron chi connectivity index (χ0n) is 10.0. The molecule has 0 saturated heterocycles. The molecule has 0 saturated carbocycles. The molecule has 4 nitrogen and oxygen atoms in total. The summed E-state index contributed by atoms with van der Waals surface area (Å²) >= 11 is 0. The summed E-state index contributed by atoms with van der Waals surface area (Å²) in [5.41, 5.74) is 1.23. The molecule has 0 aromatic carbocycles. The summed E-state index contributed by atoms with van der Waals surface area (Å²) < 4.78 is 2.21. The van der Waals surface area contributed by atoms with Gasteiger partial charge in [-0.1, -0.05) is 0 Å². The average Bonchev–Trinajstić information content (AvgIpc) is 2.77. The molecule has 1 aliphatic heterocycles. The summed E-state index contributed by atoms with van der Waals surface area (Å²) in [6.07, 6.45) is 2.08. The number of carbonyl (C=O) groups is 1. The molecule has 88 valence electrons. The highest BCUT2D eigenvalue weighted by Crippen LogP contribution is 2.14. The van der Waals surface area contributed by atoms with Gasteiger partial charge in [0.1, 0.15) is 0 Å². The predicted molar refractivity (Wildman–Crippen MR) is 63.2 cm³/mol. The van der Waals surface area contributed by atoms with Gasteiger partial charge in [-0.3, -0.25) is 0 Å².